The van der Waals surface area contributed by atoms with Crippen molar-refractivity contribution in [3.05, 3.63) is 28.2 Å². The zero-order valence-electron chi connectivity index (χ0n) is 12.1. The van der Waals surface area contributed by atoms with Crippen LogP contribution in [0, 0.1) is 0 Å². The Balaban J connectivity index is 3.53. The third kappa shape index (κ3) is 5.18. The van der Waals surface area contributed by atoms with E-state index >= 15 is 0 Å². The molecule has 23 heavy (non-hydrogen) atoms. The van der Waals surface area contributed by atoms with Crippen molar-refractivity contribution >= 4 is 53.5 Å². The molecule has 0 aromatic heterocycles. The molecule has 2 amide bonds. The largest absolute Gasteiger partial charge is 0.368 e. The molecule has 0 spiro atoms. The number of halogens is 1. The maximum atomic E-state index is 12.1. The standard InChI is InChI=1S/C11H14BrN3O6S2/c1-22(18,19)15(23(2,20)21)9-4-3-7(12)5-8(9)11(17)14-6-10(13)16/h3-5H,6H2,1-2H3,(H2,13,16)(H,14,17). The molecule has 0 fully saturated rings. The SMILES string of the molecule is CS(=O)(=O)N(c1ccc(Br)cc1C(=O)NCC(N)=O)S(C)(=O)=O. The maximum absolute atomic E-state index is 12.1. The molecule has 128 valence electrons. The normalized spacial score (nSPS) is 11.8. The van der Waals surface area contributed by atoms with Gasteiger partial charge >= 0.3 is 0 Å². The third-order valence-electron chi connectivity index (χ3n) is 2.43. The first-order valence-corrected chi connectivity index (χ1v) is 10.4. The molecule has 9 nitrogen and oxygen atoms in total. The number of rotatable bonds is 6. The van der Waals surface area contributed by atoms with Crippen LogP contribution in [0.25, 0.3) is 0 Å². The van der Waals surface area contributed by atoms with Crippen molar-refractivity contribution in [3.8, 4) is 0 Å². The number of anilines is 1. The lowest BCUT2D eigenvalue weighted by molar-refractivity contribution is -0.117. The average Bonchev–Trinajstić information content (AvgIpc) is 2.34. The molecular weight excluding hydrogens is 414 g/mol. The van der Waals surface area contributed by atoms with E-state index < -0.39 is 38.4 Å². The van der Waals surface area contributed by atoms with Crippen LogP contribution in [0.2, 0.25) is 0 Å². The summed E-state index contributed by atoms with van der Waals surface area (Å²) in [6, 6.07) is 3.77. The predicted molar refractivity (Wildman–Crippen MR) is 87.8 cm³/mol. The molecule has 1 aromatic rings. The number of hydrogen-bond acceptors (Lipinski definition) is 6. The highest BCUT2D eigenvalue weighted by molar-refractivity contribution is 9.10. The topological polar surface area (TPSA) is 144 Å². The molecule has 0 aliphatic heterocycles. The highest BCUT2D eigenvalue weighted by atomic mass is 79.9. The van der Waals surface area contributed by atoms with Gasteiger partial charge in [0.15, 0.2) is 0 Å². The molecule has 0 atom stereocenters. The van der Waals surface area contributed by atoms with Gasteiger partial charge in [-0.05, 0) is 18.2 Å². The third-order valence-corrected chi connectivity index (χ3v) is 6.14. The van der Waals surface area contributed by atoms with Crippen LogP contribution >= 0.6 is 15.9 Å². The summed E-state index contributed by atoms with van der Waals surface area (Å²) in [5.74, 6) is -1.66. The fourth-order valence-electron chi connectivity index (χ4n) is 1.72. The Morgan fingerprint density at radius 2 is 1.70 bits per heavy atom. The summed E-state index contributed by atoms with van der Waals surface area (Å²) in [6.45, 7) is -0.484. The van der Waals surface area contributed by atoms with Crippen molar-refractivity contribution < 1.29 is 26.4 Å². The van der Waals surface area contributed by atoms with E-state index in [1.54, 1.807) is 0 Å². The van der Waals surface area contributed by atoms with E-state index in [9.17, 15) is 26.4 Å². The number of hydrogen-bond donors (Lipinski definition) is 2. The molecule has 3 N–H and O–H groups in total. The molecule has 1 rings (SSSR count). The second kappa shape index (κ2) is 6.84. The summed E-state index contributed by atoms with van der Waals surface area (Å²) in [6.07, 6.45) is 1.39. The van der Waals surface area contributed by atoms with Gasteiger partial charge in [0.25, 0.3) is 5.91 Å². The van der Waals surface area contributed by atoms with Gasteiger partial charge in [-0.1, -0.05) is 15.9 Å². The summed E-state index contributed by atoms with van der Waals surface area (Å²) in [5.41, 5.74) is 4.31. The van der Waals surface area contributed by atoms with Gasteiger partial charge in [-0.3, -0.25) is 9.59 Å². The predicted octanol–water partition coefficient (Wildman–Crippen LogP) is -0.610. The Hall–Kier alpha value is -1.66. The van der Waals surface area contributed by atoms with Crippen molar-refractivity contribution in [2.75, 3.05) is 22.8 Å². The monoisotopic (exact) mass is 427 g/mol. The summed E-state index contributed by atoms with van der Waals surface area (Å²) in [5, 5.41) is 2.17. The molecule has 0 saturated carbocycles. The Morgan fingerprint density at radius 1 is 1.17 bits per heavy atom. The number of carbonyl (C=O) groups excluding carboxylic acids is 2. The smallest absolute Gasteiger partial charge is 0.253 e. The van der Waals surface area contributed by atoms with Crippen molar-refractivity contribution in [1.82, 2.24) is 5.32 Å². The summed E-state index contributed by atoms with van der Waals surface area (Å²) in [7, 11) is -8.43. The second-order valence-electron chi connectivity index (χ2n) is 4.53. The lowest BCUT2D eigenvalue weighted by Crippen LogP contribution is -2.38. The minimum atomic E-state index is -4.22. The first kappa shape index (κ1) is 19.4. The van der Waals surface area contributed by atoms with Crippen LogP contribution in [0.4, 0.5) is 5.69 Å². The number of nitrogens with zero attached hydrogens (tertiary/aromatic N) is 1. The molecule has 0 aliphatic rings. The summed E-state index contributed by atoms with van der Waals surface area (Å²) < 4.78 is 47.9. The molecular formula is C11H14BrN3O6S2. The number of primary amides is 1. The lowest BCUT2D eigenvalue weighted by atomic mass is 10.1. The zero-order valence-corrected chi connectivity index (χ0v) is 15.3. The van der Waals surface area contributed by atoms with Crippen LogP contribution in [0.5, 0.6) is 0 Å². The van der Waals surface area contributed by atoms with Gasteiger partial charge in [-0.25, -0.2) is 16.8 Å². The van der Waals surface area contributed by atoms with E-state index in [1.807, 2.05) is 0 Å². The van der Waals surface area contributed by atoms with Crippen LogP contribution in [-0.2, 0) is 24.8 Å². The molecule has 0 saturated heterocycles. The van der Waals surface area contributed by atoms with E-state index in [1.165, 1.54) is 12.1 Å². The van der Waals surface area contributed by atoms with Crippen LogP contribution in [0.15, 0.2) is 22.7 Å². The quantitative estimate of drug-likeness (QED) is 0.619. The lowest BCUT2D eigenvalue weighted by Gasteiger charge is -2.22. The van der Waals surface area contributed by atoms with Gasteiger partial charge in [0.05, 0.1) is 30.3 Å². The van der Waals surface area contributed by atoms with Crippen molar-refractivity contribution in [3.63, 3.8) is 0 Å². The van der Waals surface area contributed by atoms with Gasteiger partial charge < -0.3 is 11.1 Å². The minimum Gasteiger partial charge on any atom is -0.368 e. The fraction of sp³-hybridized carbons (Fsp3) is 0.273. The average molecular weight is 428 g/mol. The Kier molecular flexibility index (Phi) is 5.77. The van der Waals surface area contributed by atoms with E-state index in [0.29, 0.717) is 17.0 Å². The fourth-order valence-corrected chi connectivity index (χ4v) is 5.08. The Bertz CT molecular complexity index is 819. The number of nitrogens with one attached hydrogen (secondary N) is 1. The van der Waals surface area contributed by atoms with Gasteiger partial charge in [0, 0.05) is 4.47 Å². The van der Waals surface area contributed by atoms with E-state index in [4.69, 9.17) is 5.73 Å². The van der Waals surface area contributed by atoms with Crippen molar-refractivity contribution in [2.24, 2.45) is 5.73 Å². The number of nitrogens with two attached hydrogens (primary N) is 1. The highest BCUT2D eigenvalue weighted by Crippen LogP contribution is 2.28. The molecule has 0 radical (unpaired) electrons. The second-order valence-corrected chi connectivity index (χ2v) is 9.34. The Labute approximate surface area is 142 Å². The number of carbonyl (C=O) groups is 2. The van der Waals surface area contributed by atoms with Crippen LogP contribution in [-0.4, -0.2) is 47.7 Å². The maximum Gasteiger partial charge on any atom is 0.253 e. The van der Waals surface area contributed by atoms with Gasteiger partial charge in [0.1, 0.15) is 0 Å². The first-order valence-electron chi connectivity index (χ1n) is 5.90. The van der Waals surface area contributed by atoms with E-state index in [0.717, 1.165) is 6.07 Å². The zero-order chi connectivity index (χ0) is 18.0. The van der Waals surface area contributed by atoms with E-state index in [-0.39, 0.29) is 15.0 Å². The molecule has 0 heterocycles. The van der Waals surface area contributed by atoms with Gasteiger partial charge in [0.2, 0.25) is 26.0 Å². The summed E-state index contributed by atoms with van der Waals surface area (Å²) >= 11 is 3.11. The Morgan fingerprint density at radius 3 is 2.13 bits per heavy atom. The van der Waals surface area contributed by atoms with Crippen LogP contribution < -0.4 is 14.8 Å². The molecule has 0 bridgehead atoms. The van der Waals surface area contributed by atoms with Gasteiger partial charge in [-0.2, -0.15) is 3.71 Å². The molecule has 12 heteroatoms. The molecule has 0 aliphatic carbocycles. The number of amides is 2. The van der Waals surface area contributed by atoms with Gasteiger partial charge in [-0.15, -0.1) is 0 Å². The first-order chi connectivity index (χ1) is 10.3. The van der Waals surface area contributed by atoms with Crippen LogP contribution in [0.1, 0.15) is 10.4 Å². The van der Waals surface area contributed by atoms with Crippen molar-refractivity contribution in [2.45, 2.75) is 0 Å². The summed E-state index contributed by atoms with van der Waals surface area (Å²) in [4.78, 5) is 22.9. The number of benzene rings is 1. The highest BCUT2D eigenvalue weighted by Gasteiger charge is 2.31. The van der Waals surface area contributed by atoms with E-state index in [2.05, 4.69) is 21.2 Å². The van der Waals surface area contributed by atoms with Crippen LogP contribution in [0.3, 0.4) is 0 Å². The molecule has 1 aromatic carbocycles. The minimum absolute atomic E-state index is 0.144. The number of sulfonamides is 2. The molecule has 0 unspecified atom stereocenters. The van der Waals surface area contributed by atoms with Crippen molar-refractivity contribution in [1.29, 1.82) is 0 Å².